The lowest BCUT2D eigenvalue weighted by atomic mass is 10.1. The Hall–Kier alpha value is -1.81. The van der Waals surface area contributed by atoms with Crippen molar-refractivity contribution < 1.29 is 4.74 Å². The van der Waals surface area contributed by atoms with Crippen LogP contribution < -0.4 is 10.5 Å². The molecule has 2 aromatic rings. The van der Waals surface area contributed by atoms with Gasteiger partial charge in [-0.3, -0.25) is 4.68 Å². The van der Waals surface area contributed by atoms with Gasteiger partial charge in [-0.25, -0.2) is 0 Å². The van der Waals surface area contributed by atoms with Crippen LogP contribution in [0.15, 0.2) is 30.6 Å². The van der Waals surface area contributed by atoms with Crippen LogP contribution in [0, 0.1) is 6.92 Å². The summed E-state index contributed by atoms with van der Waals surface area (Å²) in [6.45, 7) is 2.50. The summed E-state index contributed by atoms with van der Waals surface area (Å²) in [6.07, 6.45) is 3.51. The maximum absolute atomic E-state index is 5.74. The summed E-state index contributed by atoms with van der Waals surface area (Å²) in [5.41, 5.74) is 7.89. The number of hydrogen-bond acceptors (Lipinski definition) is 3. The first-order chi connectivity index (χ1) is 7.70. The highest BCUT2D eigenvalue weighted by Crippen LogP contribution is 2.26. The lowest BCUT2D eigenvalue weighted by Gasteiger charge is -2.10. The molecule has 4 heteroatoms. The van der Waals surface area contributed by atoms with Gasteiger partial charge in [0.1, 0.15) is 5.75 Å². The first-order valence-corrected chi connectivity index (χ1v) is 5.16. The normalized spacial score (nSPS) is 10.4. The van der Waals surface area contributed by atoms with E-state index in [0.717, 1.165) is 22.6 Å². The van der Waals surface area contributed by atoms with Gasteiger partial charge in [-0.05, 0) is 18.6 Å². The van der Waals surface area contributed by atoms with Gasteiger partial charge in [0, 0.05) is 19.2 Å². The maximum Gasteiger partial charge on any atom is 0.165 e. The zero-order valence-electron chi connectivity index (χ0n) is 9.47. The summed E-state index contributed by atoms with van der Waals surface area (Å²) in [5.74, 6) is 1.53. The van der Waals surface area contributed by atoms with Crippen molar-refractivity contribution >= 4 is 0 Å². The maximum atomic E-state index is 5.74. The second-order valence-corrected chi connectivity index (χ2v) is 3.71. The molecule has 0 spiro atoms. The van der Waals surface area contributed by atoms with E-state index in [0.29, 0.717) is 6.54 Å². The number of aryl methyl sites for hydroxylation is 2. The van der Waals surface area contributed by atoms with E-state index >= 15 is 0 Å². The quantitative estimate of drug-likeness (QED) is 0.855. The minimum Gasteiger partial charge on any atom is -0.454 e. The van der Waals surface area contributed by atoms with Crippen LogP contribution in [0.5, 0.6) is 11.5 Å². The van der Waals surface area contributed by atoms with Crippen molar-refractivity contribution in [2.24, 2.45) is 12.8 Å². The van der Waals surface area contributed by atoms with Crippen molar-refractivity contribution in [1.29, 1.82) is 0 Å². The summed E-state index contributed by atoms with van der Waals surface area (Å²) in [6, 6.07) is 5.90. The van der Waals surface area contributed by atoms with E-state index in [1.807, 2.05) is 38.4 Å². The number of nitrogens with zero attached hydrogens (tertiary/aromatic N) is 2. The van der Waals surface area contributed by atoms with Gasteiger partial charge < -0.3 is 10.5 Å². The Morgan fingerprint density at radius 2 is 2.25 bits per heavy atom. The van der Waals surface area contributed by atoms with E-state index < -0.39 is 0 Å². The molecule has 0 atom stereocenters. The molecule has 0 saturated heterocycles. The lowest BCUT2D eigenvalue weighted by molar-refractivity contribution is 0.475. The monoisotopic (exact) mass is 217 g/mol. The van der Waals surface area contributed by atoms with Crippen molar-refractivity contribution in [3.05, 3.63) is 41.7 Å². The SMILES string of the molecule is Cc1cccc(Oc2cnn(C)c2)c1CN. The first kappa shape index (κ1) is 10.7. The third-order valence-electron chi connectivity index (χ3n) is 2.48. The molecule has 1 aromatic heterocycles. The first-order valence-electron chi connectivity index (χ1n) is 5.16. The third kappa shape index (κ3) is 2.06. The molecule has 0 saturated carbocycles. The number of nitrogens with two attached hydrogens (primary N) is 1. The van der Waals surface area contributed by atoms with Crippen molar-refractivity contribution in [1.82, 2.24) is 9.78 Å². The Bertz CT molecular complexity index is 491. The fourth-order valence-corrected chi connectivity index (χ4v) is 1.61. The molecule has 4 nitrogen and oxygen atoms in total. The molecule has 2 rings (SSSR count). The molecule has 1 heterocycles. The van der Waals surface area contributed by atoms with E-state index in [4.69, 9.17) is 10.5 Å². The topological polar surface area (TPSA) is 53.1 Å². The van der Waals surface area contributed by atoms with Crippen LogP contribution in [0.3, 0.4) is 0 Å². The van der Waals surface area contributed by atoms with Crippen LogP contribution in [0.4, 0.5) is 0 Å². The van der Waals surface area contributed by atoms with Gasteiger partial charge in [-0.15, -0.1) is 0 Å². The fourth-order valence-electron chi connectivity index (χ4n) is 1.61. The number of aromatic nitrogens is 2. The van der Waals surface area contributed by atoms with Crippen molar-refractivity contribution in [2.75, 3.05) is 0 Å². The average molecular weight is 217 g/mol. The van der Waals surface area contributed by atoms with Crippen molar-refractivity contribution in [3.8, 4) is 11.5 Å². The fraction of sp³-hybridized carbons (Fsp3) is 0.250. The minimum atomic E-state index is 0.474. The molecule has 84 valence electrons. The molecular formula is C12H15N3O. The number of ether oxygens (including phenoxy) is 1. The molecule has 2 N–H and O–H groups in total. The summed E-state index contributed by atoms with van der Waals surface area (Å²) in [4.78, 5) is 0. The van der Waals surface area contributed by atoms with Crippen molar-refractivity contribution in [3.63, 3.8) is 0 Å². The number of hydrogen-bond donors (Lipinski definition) is 1. The van der Waals surface area contributed by atoms with Crippen LogP contribution in [0.25, 0.3) is 0 Å². The predicted molar refractivity (Wildman–Crippen MR) is 62.4 cm³/mol. The van der Waals surface area contributed by atoms with Gasteiger partial charge in [0.25, 0.3) is 0 Å². The Morgan fingerprint density at radius 3 is 2.88 bits per heavy atom. The molecule has 0 aliphatic rings. The summed E-state index contributed by atoms with van der Waals surface area (Å²) in [5, 5.41) is 4.05. The van der Waals surface area contributed by atoms with E-state index in [9.17, 15) is 0 Å². The largest absolute Gasteiger partial charge is 0.454 e. The standard InChI is InChI=1S/C12H15N3O/c1-9-4-3-5-12(11(9)6-13)16-10-7-14-15(2)8-10/h3-5,7-8H,6,13H2,1-2H3. The van der Waals surface area contributed by atoms with E-state index in [-0.39, 0.29) is 0 Å². The van der Waals surface area contributed by atoms with Crippen LogP contribution in [0.1, 0.15) is 11.1 Å². The molecule has 0 radical (unpaired) electrons. The highest BCUT2D eigenvalue weighted by molar-refractivity contribution is 5.41. The Balaban J connectivity index is 2.30. The summed E-state index contributed by atoms with van der Waals surface area (Å²) in [7, 11) is 1.85. The van der Waals surface area contributed by atoms with Crippen LogP contribution in [-0.2, 0) is 13.6 Å². The van der Waals surface area contributed by atoms with Gasteiger partial charge in [0.05, 0.1) is 12.4 Å². The Kier molecular flexibility index (Phi) is 2.92. The lowest BCUT2D eigenvalue weighted by Crippen LogP contribution is -2.01. The van der Waals surface area contributed by atoms with Gasteiger partial charge in [0.15, 0.2) is 5.75 Å². The summed E-state index contributed by atoms with van der Waals surface area (Å²) >= 11 is 0. The van der Waals surface area contributed by atoms with E-state index in [2.05, 4.69) is 5.10 Å². The molecule has 0 aliphatic carbocycles. The molecule has 1 aromatic carbocycles. The predicted octanol–water partition coefficient (Wildman–Crippen LogP) is 1.98. The van der Waals surface area contributed by atoms with Gasteiger partial charge >= 0.3 is 0 Å². The van der Waals surface area contributed by atoms with Gasteiger partial charge in [-0.2, -0.15) is 5.10 Å². The van der Waals surface area contributed by atoms with Crippen LogP contribution >= 0.6 is 0 Å². The Morgan fingerprint density at radius 1 is 1.44 bits per heavy atom. The average Bonchev–Trinajstić information content (AvgIpc) is 2.64. The molecule has 0 amide bonds. The molecule has 0 fully saturated rings. The minimum absolute atomic E-state index is 0.474. The second-order valence-electron chi connectivity index (χ2n) is 3.71. The second kappa shape index (κ2) is 4.37. The Labute approximate surface area is 94.6 Å². The molecule has 0 unspecified atom stereocenters. The van der Waals surface area contributed by atoms with Crippen LogP contribution in [0.2, 0.25) is 0 Å². The third-order valence-corrected chi connectivity index (χ3v) is 2.48. The number of benzene rings is 1. The zero-order valence-corrected chi connectivity index (χ0v) is 9.47. The molecule has 16 heavy (non-hydrogen) atoms. The van der Waals surface area contributed by atoms with Crippen LogP contribution in [-0.4, -0.2) is 9.78 Å². The van der Waals surface area contributed by atoms with E-state index in [1.165, 1.54) is 0 Å². The van der Waals surface area contributed by atoms with Gasteiger partial charge in [0.2, 0.25) is 0 Å². The smallest absolute Gasteiger partial charge is 0.165 e. The van der Waals surface area contributed by atoms with Gasteiger partial charge in [-0.1, -0.05) is 12.1 Å². The molecule has 0 aliphatic heterocycles. The zero-order chi connectivity index (χ0) is 11.5. The highest BCUT2D eigenvalue weighted by atomic mass is 16.5. The molecule has 0 bridgehead atoms. The highest BCUT2D eigenvalue weighted by Gasteiger charge is 2.06. The number of rotatable bonds is 3. The van der Waals surface area contributed by atoms with E-state index in [1.54, 1.807) is 10.9 Å². The molecular weight excluding hydrogens is 202 g/mol. The summed E-state index contributed by atoms with van der Waals surface area (Å²) < 4.78 is 7.44. The van der Waals surface area contributed by atoms with Crippen molar-refractivity contribution in [2.45, 2.75) is 13.5 Å².